The van der Waals surface area contributed by atoms with Gasteiger partial charge in [0.1, 0.15) is 7.05 Å². The smallest absolute Gasteiger partial charge is 0.411 e. The summed E-state index contributed by atoms with van der Waals surface area (Å²) in [7, 11) is -3.41. The maximum atomic E-state index is 10.1. The lowest BCUT2D eigenvalue weighted by Crippen LogP contribution is -2.28. The quantitative estimate of drug-likeness (QED) is 0.341. The van der Waals surface area contributed by atoms with Crippen LogP contribution in [0.5, 0.6) is 0 Å². The van der Waals surface area contributed by atoms with Crippen molar-refractivity contribution in [2.24, 2.45) is 7.05 Å². The third-order valence-corrected chi connectivity index (χ3v) is 2.58. The van der Waals surface area contributed by atoms with Crippen LogP contribution in [0.25, 0.3) is 11.1 Å². The minimum atomic E-state index is -5.42. The van der Waals surface area contributed by atoms with Gasteiger partial charge < -0.3 is 8.97 Å². The van der Waals surface area contributed by atoms with Crippen molar-refractivity contribution >= 4 is 33.4 Å². The Hall–Kier alpha value is -1.12. The molecule has 0 saturated heterocycles. The minimum absolute atomic E-state index is 0.941. The second kappa shape index (κ2) is 5.48. The predicted molar refractivity (Wildman–Crippen MR) is 60.0 cm³/mol. The molecule has 2 aromatic rings. The molecule has 1 heterocycles. The van der Waals surface area contributed by atoms with Gasteiger partial charge in [-0.25, -0.2) is 8.42 Å². The van der Waals surface area contributed by atoms with Gasteiger partial charge in [0.25, 0.3) is 16.0 Å². The molecular formula is C9H10FNO4S2. The number of nitrogens with zero attached hydrogens (tertiary/aromatic N) is 1. The van der Waals surface area contributed by atoms with Crippen LogP contribution in [0.15, 0.2) is 33.9 Å². The number of fused-ring (bicyclic) bond motifs is 1. The largest absolute Gasteiger partial charge is 0.722 e. The number of para-hydroxylation sites is 2. The number of aryl methyl sites for hydroxylation is 1. The molecule has 0 radical (unpaired) electrons. The molecule has 8 heteroatoms. The Balaban J connectivity index is 0.000000249. The minimum Gasteiger partial charge on any atom is -0.722 e. The van der Waals surface area contributed by atoms with Crippen LogP contribution in [-0.2, 0) is 17.6 Å². The first-order chi connectivity index (χ1) is 7.83. The van der Waals surface area contributed by atoms with Gasteiger partial charge in [0.15, 0.2) is 0 Å². The van der Waals surface area contributed by atoms with E-state index in [0.717, 1.165) is 16.3 Å². The Morgan fingerprint density at radius 1 is 1.41 bits per heavy atom. The number of rotatable bonds is 1. The van der Waals surface area contributed by atoms with Crippen LogP contribution in [0.1, 0.15) is 0 Å². The molecule has 94 valence electrons. The zero-order valence-corrected chi connectivity index (χ0v) is 10.7. The summed E-state index contributed by atoms with van der Waals surface area (Å²) in [5.74, 6) is 0. The second-order valence-corrected chi connectivity index (χ2v) is 4.54. The van der Waals surface area contributed by atoms with Crippen molar-refractivity contribution in [1.82, 2.24) is 0 Å². The zero-order valence-electron chi connectivity index (χ0n) is 9.08. The number of benzene rings is 1. The van der Waals surface area contributed by atoms with E-state index in [9.17, 15) is 3.89 Å². The van der Waals surface area contributed by atoms with Gasteiger partial charge in [0, 0.05) is 6.07 Å². The normalized spacial score (nSPS) is 11.1. The van der Waals surface area contributed by atoms with Gasteiger partial charge >= 0.3 is 5.22 Å². The van der Waals surface area contributed by atoms with E-state index in [0.29, 0.717) is 0 Å². The number of hydrogen-bond donors (Lipinski definition) is 0. The Labute approximate surface area is 102 Å². The molecule has 0 bridgehead atoms. The molecule has 17 heavy (non-hydrogen) atoms. The fourth-order valence-corrected chi connectivity index (χ4v) is 1.81. The van der Waals surface area contributed by atoms with Crippen LogP contribution >= 0.6 is 11.8 Å². The van der Waals surface area contributed by atoms with Gasteiger partial charge in [-0.05, 0) is 24.1 Å². The van der Waals surface area contributed by atoms with Crippen molar-refractivity contribution in [2.45, 2.75) is 5.22 Å². The monoisotopic (exact) mass is 279 g/mol. The van der Waals surface area contributed by atoms with E-state index in [-0.39, 0.29) is 0 Å². The molecule has 0 atom stereocenters. The molecule has 0 spiro atoms. The molecule has 0 aliphatic heterocycles. The maximum absolute atomic E-state index is 10.1. The Morgan fingerprint density at radius 2 is 1.94 bits per heavy atom. The molecule has 0 N–H and O–H groups in total. The average molecular weight is 279 g/mol. The topological polar surface area (TPSA) is 74.2 Å². The fourth-order valence-electron chi connectivity index (χ4n) is 1.26. The SMILES string of the molecule is CSc1oc2ccccc2[n+]1C.O=S(=O)([O-])F. The van der Waals surface area contributed by atoms with E-state index in [4.69, 9.17) is 17.4 Å². The lowest BCUT2D eigenvalue weighted by atomic mass is 10.3. The third kappa shape index (κ3) is 4.33. The molecule has 0 unspecified atom stereocenters. The Kier molecular flexibility index (Phi) is 4.49. The zero-order chi connectivity index (χ0) is 13.1. The van der Waals surface area contributed by atoms with Crippen LogP contribution in [-0.4, -0.2) is 19.2 Å². The molecule has 1 aromatic heterocycles. The van der Waals surface area contributed by atoms with E-state index in [1.54, 1.807) is 11.8 Å². The van der Waals surface area contributed by atoms with Gasteiger partial charge in [-0.15, -0.1) is 3.89 Å². The van der Waals surface area contributed by atoms with Crippen LogP contribution in [0.3, 0.4) is 0 Å². The third-order valence-electron chi connectivity index (χ3n) is 1.87. The first-order valence-corrected chi connectivity index (χ1v) is 6.93. The second-order valence-electron chi connectivity index (χ2n) is 2.99. The van der Waals surface area contributed by atoms with Crippen molar-refractivity contribution in [1.29, 1.82) is 0 Å². The summed E-state index contributed by atoms with van der Waals surface area (Å²) < 4.78 is 43.0. The lowest BCUT2D eigenvalue weighted by Gasteiger charge is -1.84. The van der Waals surface area contributed by atoms with Gasteiger partial charge in [0.2, 0.25) is 5.58 Å². The molecular weight excluding hydrogens is 269 g/mol. The highest BCUT2D eigenvalue weighted by Gasteiger charge is 2.16. The summed E-state index contributed by atoms with van der Waals surface area (Å²) in [5, 5.41) is 0.941. The molecule has 0 amide bonds. The number of hydrogen-bond acceptors (Lipinski definition) is 5. The summed E-state index contributed by atoms with van der Waals surface area (Å²) in [6, 6.07) is 8.03. The van der Waals surface area contributed by atoms with Crippen LogP contribution in [0.4, 0.5) is 3.89 Å². The summed E-state index contributed by atoms with van der Waals surface area (Å²) in [4.78, 5) is 0. The first kappa shape index (κ1) is 13.9. The van der Waals surface area contributed by atoms with E-state index in [1.165, 1.54) is 0 Å². The van der Waals surface area contributed by atoms with Gasteiger partial charge in [0.05, 0.1) is 0 Å². The van der Waals surface area contributed by atoms with Gasteiger partial charge in [-0.3, -0.25) is 0 Å². The van der Waals surface area contributed by atoms with Gasteiger partial charge in [-0.2, -0.15) is 4.57 Å². The Bertz CT molecular complexity index is 600. The molecule has 1 aromatic carbocycles. The van der Waals surface area contributed by atoms with Crippen LogP contribution in [0, 0.1) is 0 Å². The van der Waals surface area contributed by atoms with Crippen LogP contribution in [0.2, 0.25) is 0 Å². The molecule has 0 fully saturated rings. The highest BCUT2D eigenvalue weighted by molar-refractivity contribution is 7.98. The molecule has 5 nitrogen and oxygen atoms in total. The van der Waals surface area contributed by atoms with E-state index in [1.807, 2.05) is 31.5 Å². The first-order valence-electron chi connectivity index (χ1n) is 4.40. The Morgan fingerprint density at radius 3 is 2.41 bits per heavy atom. The molecule has 0 saturated carbocycles. The van der Waals surface area contributed by atoms with E-state index >= 15 is 0 Å². The maximum Gasteiger partial charge on any atom is 0.411 e. The molecule has 0 aliphatic rings. The standard InChI is InChI=1S/C9H10NOS.FHO3S/c1-10-7-5-3-4-6-8(7)11-9(10)12-2;1-5(2,3)4/h3-6H,1-2H3;(H,2,3,4)/q+1;/p-1. The number of thioether (sulfide) groups is 1. The molecule has 2 rings (SSSR count). The number of aromatic nitrogens is 1. The van der Waals surface area contributed by atoms with Crippen molar-refractivity contribution in [2.75, 3.05) is 6.26 Å². The summed E-state index contributed by atoms with van der Waals surface area (Å²) >= 11 is 1.62. The number of oxazole rings is 1. The predicted octanol–water partition coefficient (Wildman–Crippen LogP) is 1.40. The summed E-state index contributed by atoms with van der Waals surface area (Å²) in [6.07, 6.45) is 2.01. The van der Waals surface area contributed by atoms with Crippen molar-refractivity contribution in [3.05, 3.63) is 24.3 Å². The summed E-state index contributed by atoms with van der Waals surface area (Å²) in [6.45, 7) is 0. The van der Waals surface area contributed by atoms with Gasteiger partial charge in [-0.1, -0.05) is 12.1 Å². The molecule has 0 aliphatic carbocycles. The number of halogens is 1. The highest BCUT2D eigenvalue weighted by atomic mass is 32.3. The van der Waals surface area contributed by atoms with Crippen LogP contribution < -0.4 is 4.57 Å². The lowest BCUT2D eigenvalue weighted by molar-refractivity contribution is -0.692. The van der Waals surface area contributed by atoms with Crippen molar-refractivity contribution < 1.29 is 25.8 Å². The summed E-state index contributed by atoms with van der Waals surface area (Å²) in [5.41, 5.74) is 2.09. The highest BCUT2D eigenvalue weighted by Crippen LogP contribution is 2.18. The average Bonchev–Trinajstić information content (AvgIpc) is 2.54. The van der Waals surface area contributed by atoms with E-state index < -0.39 is 10.5 Å². The fraction of sp³-hybridized carbons (Fsp3) is 0.222. The van der Waals surface area contributed by atoms with Crippen molar-refractivity contribution in [3.63, 3.8) is 0 Å². The van der Waals surface area contributed by atoms with E-state index in [2.05, 4.69) is 10.6 Å². The van der Waals surface area contributed by atoms with Crippen molar-refractivity contribution in [3.8, 4) is 0 Å².